The van der Waals surface area contributed by atoms with Crippen molar-refractivity contribution in [2.45, 2.75) is 26.3 Å². The third kappa shape index (κ3) is 3.36. The lowest BCUT2D eigenvalue weighted by Crippen LogP contribution is -2.23. The van der Waals surface area contributed by atoms with Crippen LogP contribution < -0.4 is 11.1 Å². The number of benzene rings is 1. The van der Waals surface area contributed by atoms with Crippen molar-refractivity contribution in [3.05, 3.63) is 35.4 Å². The third-order valence-corrected chi connectivity index (χ3v) is 2.23. The maximum absolute atomic E-state index is 11.5. The van der Waals surface area contributed by atoms with Crippen LogP contribution in [0.25, 0.3) is 0 Å². The second kappa shape index (κ2) is 5.51. The van der Waals surface area contributed by atoms with E-state index in [0.29, 0.717) is 12.1 Å². The maximum Gasteiger partial charge on any atom is 0.251 e. The predicted octanol–water partition coefficient (Wildman–Crippen LogP) is 1.85. The molecule has 1 amide bonds. The Labute approximate surface area is 90.7 Å². The molecule has 0 radical (unpaired) electrons. The van der Waals surface area contributed by atoms with Crippen molar-refractivity contribution in [3.8, 4) is 0 Å². The van der Waals surface area contributed by atoms with Crippen molar-refractivity contribution in [3.63, 3.8) is 0 Å². The Morgan fingerprint density at radius 1 is 1.40 bits per heavy atom. The van der Waals surface area contributed by atoms with Gasteiger partial charge >= 0.3 is 0 Å². The SMILES string of the molecule is CCCNC(=O)c1ccc([C@H](C)N)cc1. The van der Waals surface area contributed by atoms with E-state index >= 15 is 0 Å². The van der Waals surface area contributed by atoms with Crippen molar-refractivity contribution in [1.29, 1.82) is 0 Å². The van der Waals surface area contributed by atoms with Crippen LogP contribution in [0.5, 0.6) is 0 Å². The topological polar surface area (TPSA) is 55.1 Å². The van der Waals surface area contributed by atoms with Crippen molar-refractivity contribution < 1.29 is 4.79 Å². The lowest BCUT2D eigenvalue weighted by atomic mass is 10.1. The Morgan fingerprint density at radius 2 is 2.00 bits per heavy atom. The monoisotopic (exact) mass is 206 g/mol. The molecule has 1 aromatic carbocycles. The predicted molar refractivity (Wildman–Crippen MR) is 61.7 cm³/mol. The molecule has 82 valence electrons. The summed E-state index contributed by atoms with van der Waals surface area (Å²) < 4.78 is 0. The molecule has 1 aromatic rings. The number of carbonyl (C=O) groups excluding carboxylic acids is 1. The first-order chi connectivity index (χ1) is 7.15. The zero-order valence-electron chi connectivity index (χ0n) is 9.29. The molecule has 0 aliphatic heterocycles. The molecule has 3 nitrogen and oxygen atoms in total. The highest BCUT2D eigenvalue weighted by Crippen LogP contribution is 2.10. The fraction of sp³-hybridized carbons (Fsp3) is 0.417. The first kappa shape index (κ1) is 11.7. The van der Waals surface area contributed by atoms with Gasteiger partial charge in [-0.3, -0.25) is 4.79 Å². The van der Waals surface area contributed by atoms with Gasteiger partial charge in [0.1, 0.15) is 0 Å². The number of rotatable bonds is 4. The summed E-state index contributed by atoms with van der Waals surface area (Å²) in [5.74, 6) is -0.0203. The van der Waals surface area contributed by atoms with Gasteiger partial charge < -0.3 is 11.1 Å². The largest absolute Gasteiger partial charge is 0.352 e. The smallest absolute Gasteiger partial charge is 0.251 e. The Hall–Kier alpha value is -1.35. The summed E-state index contributed by atoms with van der Waals surface area (Å²) in [5, 5.41) is 2.83. The molecule has 3 heteroatoms. The normalized spacial score (nSPS) is 12.2. The molecule has 0 fully saturated rings. The van der Waals surface area contributed by atoms with Gasteiger partial charge in [-0.2, -0.15) is 0 Å². The zero-order chi connectivity index (χ0) is 11.3. The molecule has 0 unspecified atom stereocenters. The highest BCUT2D eigenvalue weighted by molar-refractivity contribution is 5.94. The van der Waals surface area contributed by atoms with Crippen LogP contribution in [0.1, 0.15) is 42.2 Å². The van der Waals surface area contributed by atoms with Crippen LogP contribution in [-0.2, 0) is 0 Å². The first-order valence-corrected chi connectivity index (χ1v) is 5.29. The minimum absolute atomic E-state index is 0.0118. The molecule has 0 heterocycles. The molecule has 0 bridgehead atoms. The molecule has 15 heavy (non-hydrogen) atoms. The fourth-order valence-electron chi connectivity index (χ4n) is 1.28. The van der Waals surface area contributed by atoms with Gasteiger partial charge in [0.05, 0.1) is 0 Å². The highest BCUT2D eigenvalue weighted by Gasteiger charge is 2.05. The van der Waals surface area contributed by atoms with E-state index in [9.17, 15) is 4.79 Å². The molecule has 1 rings (SSSR count). The van der Waals surface area contributed by atoms with Gasteiger partial charge in [0.2, 0.25) is 0 Å². The maximum atomic E-state index is 11.5. The molecule has 0 saturated carbocycles. The molecule has 0 saturated heterocycles. The van der Waals surface area contributed by atoms with E-state index in [1.54, 1.807) is 0 Å². The van der Waals surface area contributed by atoms with Crippen LogP contribution in [-0.4, -0.2) is 12.5 Å². The van der Waals surface area contributed by atoms with E-state index in [1.807, 2.05) is 38.1 Å². The van der Waals surface area contributed by atoms with Crippen molar-refractivity contribution in [2.24, 2.45) is 5.73 Å². The minimum Gasteiger partial charge on any atom is -0.352 e. The Kier molecular flexibility index (Phi) is 4.31. The van der Waals surface area contributed by atoms with E-state index < -0.39 is 0 Å². The number of carbonyl (C=O) groups is 1. The second-order valence-electron chi connectivity index (χ2n) is 3.67. The van der Waals surface area contributed by atoms with Gasteiger partial charge in [0.15, 0.2) is 0 Å². The van der Waals surface area contributed by atoms with Gasteiger partial charge in [0, 0.05) is 18.2 Å². The van der Waals surface area contributed by atoms with Crippen LogP contribution in [0.15, 0.2) is 24.3 Å². The molecule has 1 atom stereocenters. The Morgan fingerprint density at radius 3 is 2.47 bits per heavy atom. The summed E-state index contributed by atoms with van der Waals surface area (Å²) in [6, 6.07) is 7.42. The molecular formula is C12H18N2O. The molecule has 0 aromatic heterocycles. The van der Waals surface area contributed by atoms with E-state index in [1.165, 1.54) is 0 Å². The standard InChI is InChI=1S/C12H18N2O/c1-3-8-14-12(15)11-6-4-10(5-7-11)9(2)13/h4-7,9H,3,8,13H2,1-2H3,(H,14,15)/t9-/m0/s1. The zero-order valence-corrected chi connectivity index (χ0v) is 9.29. The molecule has 0 aliphatic rings. The summed E-state index contributed by atoms with van der Waals surface area (Å²) in [4.78, 5) is 11.5. The van der Waals surface area contributed by atoms with Crippen LogP contribution in [0.3, 0.4) is 0 Å². The number of hydrogen-bond donors (Lipinski definition) is 2. The van der Waals surface area contributed by atoms with E-state index in [-0.39, 0.29) is 11.9 Å². The highest BCUT2D eigenvalue weighted by atomic mass is 16.1. The summed E-state index contributed by atoms with van der Waals surface area (Å²) in [5.41, 5.74) is 7.45. The van der Waals surface area contributed by atoms with Gasteiger partial charge in [-0.15, -0.1) is 0 Å². The lowest BCUT2D eigenvalue weighted by Gasteiger charge is -2.07. The average Bonchev–Trinajstić information content (AvgIpc) is 2.26. The summed E-state index contributed by atoms with van der Waals surface area (Å²) in [6.45, 7) is 4.67. The van der Waals surface area contributed by atoms with Crippen molar-refractivity contribution in [1.82, 2.24) is 5.32 Å². The van der Waals surface area contributed by atoms with E-state index in [2.05, 4.69) is 5.32 Å². The summed E-state index contributed by atoms with van der Waals surface area (Å²) in [6.07, 6.45) is 0.948. The lowest BCUT2D eigenvalue weighted by molar-refractivity contribution is 0.0953. The second-order valence-corrected chi connectivity index (χ2v) is 3.67. The van der Waals surface area contributed by atoms with Crippen LogP contribution >= 0.6 is 0 Å². The van der Waals surface area contributed by atoms with Gasteiger partial charge in [-0.25, -0.2) is 0 Å². The number of amides is 1. The van der Waals surface area contributed by atoms with Gasteiger partial charge in [-0.05, 0) is 31.0 Å². The first-order valence-electron chi connectivity index (χ1n) is 5.29. The summed E-state index contributed by atoms with van der Waals surface area (Å²) in [7, 11) is 0. The molecular weight excluding hydrogens is 188 g/mol. The van der Waals surface area contributed by atoms with Gasteiger partial charge in [-0.1, -0.05) is 19.1 Å². The minimum atomic E-state index is -0.0203. The van der Waals surface area contributed by atoms with Crippen molar-refractivity contribution in [2.75, 3.05) is 6.54 Å². The molecule has 3 N–H and O–H groups in total. The number of nitrogens with one attached hydrogen (secondary N) is 1. The number of hydrogen-bond acceptors (Lipinski definition) is 2. The summed E-state index contributed by atoms with van der Waals surface area (Å²) >= 11 is 0. The Bertz CT molecular complexity index is 317. The fourth-order valence-corrected chi connectivity index (χ4v) is 1.28. The third-order valence-electron chi connectivity index (χ3n) is 2.23. The average molecular weight is 206 g/mol. The van der Waals surface area contributed by atoms with Crippen LogP contribution in [0.2, 0.25) is 0 Å². The quantitative estimate of drug-likeness (QED) is 0.789. The van der Waals surface area contributed by atoms with E-state index in [4.69, 9.17) is 5.73 Å². The van der Waals surface area contributed by atoms with Crippen LogP contribution in [0.4, 0.5) is 0 Å². The van der Waals surface area contributed by atoms with Crippen LogP contribution in [0, 0.1) is 0 Å². The number of nitrogens with two attached hydrogens (primary N) is 1. The van der Waals surface area contributed by atoms with Crippen molar-refractivity contribution >= 4 is 5.91 Å². The van der Waals surface area contributed by atoms with Gasteiger partial charge in [0.25, 0.3) is 5.91 Å². The molecule has 0 aliphatic carbocycles. The Balaban J connectivity index is 2.67. The van der Waals surface area contributed by atoms with E-state index in [0.717, 1.165) is 12.0 Å². The molecule has 0 spiro atoms.